The molecule has 0 aliphatic carbocycles. The minimum atomic E-state index is -0.411. The van der Waals surface area contributed by atoms with Crippen LogP contribution in [-0.4, -0.2) is 81.9 Å². The molecule has 3 rings (SSSR count). The van der Waals surface area contributed by atoms with E-state index in [0.29, 0.717) is 6.61 Å². The van der Waals surface area contributed by atoms with Crippen molar-refractivity contribution in [3.8, 4) is 0 Å². The minimum Gasteiger partial charge on any atom is -0.462 e. The summed E-state index contributed by atoms with van der Waals surface area (Å²) in [5, 5.41) is 3.17. The number of ether oxygens (including phenoxy) is 4. The highest BCUT2D eigenvalue weighted by molar-refractivity contribution is 5.71. The zero-order valence-electron chi connectivity index (χ0n) is 15.9. The van der Waals surface area contributed by atoms with Gasteiger partial charge in [0.15, 0.2) is 5.79 Å². The maximum absolute atomic E-state index is 11.9. The SMILES string of the molecule is O=C(CNCCCN1CCOCC1)OC[C@@H]1CCC[C@]2(CCCCO2)O1. The second-order valence-electron chi connectivity index (χ2n) is 7.52. The number of nitrogens with one attached hydrogen (secondary N) is 1. The van der Waals surface area contributed by atoms with E-state index in [9.17, 15) is 4.79 Å². The predicted molar refractivity (Wildman–Crippen MR) is 97.0 cm³/mol. The Bertz CT molecular complexity index is 417. The summed E-state index contributed by atoms with van der Waals surface area (Å²) in [7, 11) is 0. The highest BCUT2D eigenvalue weighted by Gasteiger charge is 2.39. The molecule has 0 aromatic heterocycles. The normalized spacial score (nSPS) is 30.4. The van der Waals surface area contributed by atoms with Gasteiger partial charge in [-0.3, -0.25) is 9.69 Å². The third-order valence-corrected chi connectivity index (χ3v) is 5.41. The van der Waals surface area contributed by atoms with Crippen LogP contribution < -0.4 is 5.32 Å². The number of rotatable bonds is 8. The van der Waals surface area contributed by atoms with E-state index in [1.807, 2.05) is 0 Å². The summed E-state index contributed by atoms with van der Waals surface area (Å²) in [6.45, 7) is 6.92. The van der Waals surface area contributed by atoms with E-state index in [1.165, 1.54) is 0 Å². The number of hydrogen-bond donors (Lipinski definition) is 1. The summed E-state index contributed by atoms with van der Waals surface area (Å²) in [4.78, 5) is 14.3. The van der Waals surface area contributed by atoms with Crippen molar-refractivity contribution in [3.05, 3.63) is 0 Å². The van der Waals surface area contributed by atoms with Gasteiger partial charge in [0.05, 0.1) is 32.5 Å². The largest absolute Gasteiger partial charge is 0.462 e. The van der Waals surface area contributed by atoms with Crippen LogP contribution >= 0.6 is 0 Å². The van der Waals surface area contributed by atoms with Crippen LogP contribution in [0.5, 0.6) is 0 Å². The fourth-order valence-corrected chi connectivity index (χ4v) is 3.93. The maximum atomic E-state index is 11.9. The first-order valence-corrected chi connectivity index (χ1v) is 10.2. The number of carbonyl (C=O) groups excluding carboxylic acids is 1. The average Bonchev–Trinajstić information content (AvgIpc) is 2.68. The molecule has 150 valence electrons. The molecule has 3 aliphatic heterocycles. The Balaban J connectivity index is 1.23. The zero-order chi connectivity index (χ0) is 18.1. The molecule has 3 aliphatic rings. The van der Waals surface area contributed by atoms with E-state index >= 15 is 0 Å². The van der Waals surface area contributed by atoms with Crippen molar-refractivity contribution in [2.24, 2.45) is 0 Å². The second kappa shape index (κ2) is 10.6. The molecule has 7 heteroatoms. The van der Waals surface area contributed by atoms with Crippen molar-refractivity contribution in [2.75, 3.05) is 59.2 Å². The Hall–Kier alpha value is -0.730. The van der Waals surface area contributed by atoms with Gasteiger partial charge < -0.3 is 24.3 Å². The van der Waals surface area contributed by atoms with Gasteiger partial charge in [-0.25, -0.2) is 0 Å². The number of carbonyl (C=O) groups is 1. The first-order chi connectivity index (χ1) is 12.8. The van der Waals surface area contributed by atoms with Crippen LogP contribution in [0.3, 0.4) is 0 Å². The lowest BCUT2D eigenvalue weighted by Gasteiger charge is -2.43. The van der Waals surface area contributed by atoms with Gasteiger partial charge in [0.25, 0.3) is 0 Å². The summed E-state index contributed by atoms with van der Waals surface area (Å²) in [6, 6.07) is 0. The first kappa shape index (κ1) is 20.0. The van der Waals surface area contributed by atoms with E-state index in [2.05, 4.69) is 10.2 Å². The van der Waals surface area contributed by atoms with E-state index in [4.69, 9.17) is 18.9 Å². The molecular formula is C19H34N2O5. The average molecular weight is 370 g/mol. The fourth-order valence-electron chi connectivity index (χ4n) is 3.93. The summed E-state index contributed by atoms with van der Waals surface area (Å²) in [5.41, 5.74) is 0. The molecule has 3 saturated heterocycles. The van der Waals surface area contributed by atoms with Crippen molar-refractivity contribution >= 4 is 5.97 Å². The van der Waals surface area contributed by atoms with Crippen molar-refractivity contribution in [3.63, 3.8) is 0 Å². The van der Waals surface area contributed by atoms with Gasteiger partial charge in [0, 0.05) is 25.9 Å². The molecule has 0 saturated carbocycles. The standard InChI is InChI=1S/C19H34N2O5/c22-18(15-20-8-4-9-21-10-13-23-14-11-21)24-16-17-5-3-7-19(26-17)6-1-2-12-25-19/h17,20H,1-16H2/t17-,19-/m0/s1. The van der Waals surface area contributed by atoms with Gasteiger partial charge in [-0.2, -0.15) is 0 Å². The Morgan fingerprint density at radius 1 is 1.15 bits per heavy atom. The second-order valence-corrected chi connectivity index (χ2v) is 7.52. The molecule has 3 fully saturated rings. The monoisotopic (exact) mass is 370 g/mol. The topological polar surface area (TPSA) is 69.3 Å². The van der Waals surface area contributed by atoms with Crippen LogP contribution in [0.4, 0.5) is 0 Å². The highest BCUT2D eigenvalue weighted by Crippen LogP contribution is 2.36. The molecule has 1 spiro atoms. The summed E-state index contributed by atoms with van der Waals surface area (Å²) < 4.78 is 22.8. The molecule has 7 nitrogen and oxygen atoms in total. The van der Waals surface area contributed by atoms with E-state index in [0.717, 1.165) is 90.9 Å². The maximum Gasteiger partial charge on any atom is 0.320 e. The molecule has 1 N–H and O–H groups in total. The smallest absolute Gasteiger partial charge is 0.320 e. The molecule has 2 atom stereocenters. The van der Waals surface area contributed by atoms with Crippen LogP contribution in [0.1, 0.15) is 44.9 Å². The quantitative estimate of drug-likeness (QED) is 0.510. The van der Waals surface area contributed by atoms with Crippen LogP contribution in [0.25, 0.3) is 0 Å². The van der Waals surface area contributed by atoms with Crippen molar-refractivity contribution in [2.45, 2.75) is 56.8 Å². The number of hydrogen-bond acceptors (Lipinski definition) is 7. The van der Waals surface area contributed by atoms with Crippen LogP contribution in [-0.2, 0) is 23.7 Å². The number of nitrogens with zero attached hydrogens (tertiary/aromatic N) is 1. The first-order valence-electron chi connectivity index (χ1n) is 10.2. The molecule has 0 aromatic rings. The Kier molecular flexibility index (Phi) is 8.13. The summed E-state index contributed by atoms with van der Waals surface area (Å²) in [6.07, 6.45) is 7.19. The zero-order valence-corrected chi connectivity index (χ0v) is 15.9. The van der Waals surface area contributed by atoms with Gasteiger partial charge in [0.2, 0.25) is 0 Å². The molecule has 26 heavy (non-hydrogen) atoms. The number of morpholine rings is 1. The van der Waals surface area contributed by atoms with Gasteiger partial charge in [0.1, 0.15) is 6.61 Å². The fraction of sp³-hybridized carbons (Fsp3) is 0.947. The van der Waals surface area contributed by atoms with Crippen LogP contribution in [0.2, 0.25) is 0 Å². The van der Waals surface area contributed by atoms with E-state index in [-0.39, 0.29) is 18.6 Å². The third kappa shape index (κ3) is 6.46. The summed E-state index contributed by atoms with van der Waals surface area (Å²) >= 11 is 0. The highest BCUT2D eigenvalue weighted by atomic mass is 16.7. The Morgan fingerprint density at radius 3 is 2.81 bits per heavy atom. The van der Waals surface area contributed by atoms with Crippen molar-refractivity contribution in [1.82, 2.24) is 10.2 Å². The number of esters is 1. The molecular weight excluding hydrogens is 336 g/mol. The summed E-state index contributed by atoms with van der Waals surface area (Å²) in [5.74, 6) is -0.616. The van der Waals surface area contributed by atoms with Crippen LogP contribution in [0.15, 0.2) is 0 Å². The Labute approximate surface area is 156 Å². The predicted octanol–water partition coefficient (Wildman–Crippen LogP) is 1.31. The third-order valence-electron chi connectivity index (χ3n) is 5.41. The van der Waals surface area contributed by atoms with Crippen LogP contribution in [0, 0.1) is 0 Å². The van der Waals surface area contributed by atoms with Gasteiger partial charge in [-0.15, -0.1) is 0 Å². The lowest BCUT2D eigenvalue weighted by molar-refractivity contribution is -0.299. The molecule has 0 amide bonds. The van der Waals surface area contributed by atoms with Gasteiger partial charge >= 0.3 is 5.97 Å². The molecule has 0 radical (unpaired) electrons. The van der Waals surface area contributed by atoms with Crippen molar-refractivity contribution in [1.29, 1.82) is 0 Å². The van der Waals surface area contributed by atoms with E-state index in [1.54, 1.807) is 0 Å². The molecule has 0 bridgehead atoms. The van der Waals surface area contributed by atoms with E-state index < -0.39 is 5.79 Å². The molecule has 0 unspecified atom stereocenters. The van der Waals surface area contributed by atoms with Gasteiger partial charge in [-0.1, -0.05) is 0 Å². The lowest BCUT2D eigenvalue weighted by Crippen LogP contribution is -2.46. The lowest BCUT2D eigenvalue weighted by atomic mass is 9.95. The Morgan fingerprint density at radius 2 is 2.00 bits per heavy atom. The van der Waals surface area contributed by atoms with Crippen molar-refractivity contribution < 1.29 is 23.7 Å². The molecule has 0 aromatic carbocycles. The minimum absolute atomic E-state index is 0.0351. The van der Waals surface area contributed by atoms with Gasteiger partial charge in [-0.05, 0) is 45.2 Å². The molecule has 3 heterocycles.